The van der Waals surface area contributed by atoms with Crippen molar-refractivity contribution >= 4 is 78.4 Å². The molecule has 3 N–H and O–H groups in total. The summed E-state index contributed by atoms with van der Waals surface area (Å²) in [4.78, 5) is 23.3. The smallest absolute Gasteiger partial charge is 0.337 e. The first kappa shape index (κ1) is 20.6. The fraction of sp³-hybridized carbons (Fsp3) is 0.0625. The highest BCUT2D eigenvalue weighted by Gasteiger charge is 2.17. The quantitative estimate of drug-likeness (QED) is 0.503. The van der Waals surface area contributed by atoms with Gasteiger partial charge in [-0.25, -0.2) is 4.79 Å². The first-order valence-electron chi connectivity index (χ1n) is 6.98. The van der Waals surface area contributed by atoms with Crippen molar-refractivity contribution in [2.75, 3.05) is 11.9 Å². The molecule has 10 heteroatoms. The summed E-state index contributed by atoms with van der Waals surface area (Å²) in [6.07, 6.45) is 0. The molecular weight excluding hydrogens is 512 g/mol. The number of halogens is 3. The normalized spacial score (nSPS) is 10.1. The number of rotatable bonds is 5. The maximum absolute atomic E-state index is 11.9. The molecule has 0 aliphatic carbocycles. The molecule has 0 fully saturated rings. The van der Waals surface area contributed by atoms with E-state index in [0.29, 0.717) is 19.7 Å². The maximum atomic E-state index is 11.9. The number of carboxylic acids is 1. The van der Waals surface area contributed by atoms with E-state index >= 15 is 0 Å². The van der Waals surface area contributed by atoms with Crippen molar-refractivity contribution in [1.29, 1.82) is 0 Å². The largest absolute Gasteiger partial charge is 0.482 e. The van der Waals surface area contributed by atoms with Crippen LogP contribution in [0.15, 0.2) is 45.3 Å². The van der Waals surface area contributed by atoms with Gasteiger partial charge in [-0.3, -0.25) is 10.1 Å². The molecule has 2 aromatic rings. The number of anilines is 1. The highest BCUT2D eigenvalue weighted by molar-refractivity contribution is 9.11. The lowest BCUT2D eigenvalue weighted by atomic mass is 10.2. The third-order valence-corrected chi connectivity index (χ3v) is 4.57. The highest BCUT2D eigenvalue weighted by Crippen LogP contribution is 2.31. The zero-order valence-corrected chi connectivity index (χ0v) is 17.6. The summed E-state index contributed by atoms with van der Waals surface area (Å²) in [5, 5.41) is 14.7. The molecule has 0 aliphatic heterocycles. The van der Waals surface area contributed by atoms with Crippen LogP contribution in [0.5, 0.6) is 5.75 Å². The summed E-state index contributed by atoms with van der Waals surface area (Å²) >= 11 is 17.5. The van der Waals surface area contributed by atoms with Crippen molar-refractivity contribution in [1.82, 2.24) is 5.32 Å². The summed E-state index contributed by atoms with van der Waals surface area (Å²) in [5.41, 5.74) is 0.202. The number of ether oxygens (including phenoxy) is 1. The molecule has 1 amide bonds. The predicted octanol–water partition coefficient (Wildman–Crippen LogP) is 4.46. The molecule has 2 rings (SSSR count). The van der Waals surface area contributed by atoms with Crippen LogP contribution in [-0.2, 0) is 4.79 Å². The van der Waals surface area contributed by atoms with Crippen LogP contribution in [0.2, 0.25) is 5.02 Å². The van der Waals surface area contributed by atoms with Crippen molar-refractivity contribution in [3.05, 3.63) is 55.9 Å². The molecular formula is C16H11Br2ClN2O4S. The summed E-state index contributed by atoms with van der Waals surface area (Å²) in [5.74, 6) is -1.30. The average molecular weight is 523 g/mol. The zero-order valence-electron chi connectivity index (χ0n) is 12.9. The summed E-state index contributed by atoms with van der Waals surface area (Å²) < 4.78 is 6.36. The molecule has 0 radical (unpaired) electrons. The first-order valence-corrected chi connectivity index (χ1v) is 9.35. The van der Waals surface area contributed by atoms with Crippen molar-refractivity contribution in [3.8, 4) is 5.75 Å². The SMILES string of the molecule is O=C(COc1ccccc1Cl)NC(=S)Nc1c(Br)cc(Br)cc1C(=O)O. The Bertz CT molecular complexity index is 879. The fourth-order valence-corrected chi connectivity index (χ4v) is 3.61. The van der Waals surface area contributed by atoms with Crippen molar-refractivity contribution in [3.63, 3.8) is 0 Å². The summed E-state index contributed by atoms with van der Waals surface area (Å²) in [7, 11) is 0. The van der Waals surface area contributed by atoms with Gasteiger partial charge in [0.25, 0.3) is 5.91 Å². The number of amides is 1. The maximum Gasteiger partial charge on any atom is 0.337 e. The molecule has 0 unspecified atom stereocenters. The number of thiocarbonyl (C=S) groups is 1. The van der Waals surface area contributed by atoms with Gasteiger partial charge in [-0.15, -0.1) is 0 Å². The third-order valence-electron chi connectivity index (χ3n) is 2.97. The Balaban J connectivity index is 2.00. The number of para-hydroxylation sites is 1. The molecule has 136 valence electrons. The Morgan fingerprint density at radius 1 is 1.23 bits per heavy atom. The number of carboxylic acid groups (broad SMARTS) is 1. The van der Waals surface area contributed by atoms with Gasteiger partial charge >= 0.3 is 5.97 Å². The Hall–Kier alpha value is -1.68. The van der Waals surface area contributed by atoms with Gasteiger partial charge in [-0.1, -0.05) is 39.7 Å². The zero-order chi connectivity index (χ0) is 19.3. The fourth-order valence-electron chi connectivity index (χ4n) is 1.88. The number of aromatic carboxylic acids is 1. The minimum absolute atomic E-state index is 0.0184. The van der Waals surface area contributed by atoms with Crippen LogP contribution in [0.4, 0.5) is 5.69 Å². The number of hydrogen-bond acceptors (Lipinski definition) is 4. The Morgan fingerprint density at radius 2 is 1.92 bits per heavy atom. The molecule has 26 heavy (non-hydrogen) atoms. The van der Waals surface area contributed by atoms with Gasteiger partial charge < -0.3 is 15.2 Å². The Kier molecular flexibility index (Phi) is 7.39. The number of carbonyl (C=O) groups excluding carboxylic acids is 1. The van der Waals surface area contributed by atoms with Crippen molar-refractivity contribution in [2.24, 2.45) is 0 Å². The summed E-state index contributed by atoms with van der Waals surface area (Å²) in [6, 6.07) is 9.80. The topological polar surface area (TPSA) is 87.7 Å². The molecule has 0 spiro atoms. The number of hydrogen-bond donors (Lipinski definition) is 3. The van der Waals surface area contributed by atoms with Crippen LogP contribution in [0.3, 0.4) is 0 Å². The lowest BCUT2D eigenvalue weighted by molar-refractivity contribution is -0.121. The third kappa shape index (κ3) is 5.66. The van der Waals surface area contributed by atoms with Gasteiger partial charge in [0.1, 0.15) is 5.75 Å². The molecule has 0 aromatic heterocycles. The molecule has 0 saturated heterocycles. The van der Waals surface area contributed by atoms with Crippen molar-refractivity contribution < 1.29 is 19.4 Å². The van der Waals surface area contributed by atoms with E-state index in [-0.39, 0.29) is 23.0 Å². The van der Waals surface area contributed by atoms with Gasteiger partial charge in [-0.05, 0) is 52.4 Å². The summed E-state index contributed by atoms with van der Waals surface area (Å²) in [6.45, 7) is -0.307. The van der Waals surface area contributed by atoms with E-state index in [1.165, 1.54) is 6.07 Å². The predicted molar refractivity (Wildman–Crippen MR) is 110 cm³/mol. The van der Waals surface area contributed by atoms with E-state index in [4.69, 9.17) is 28.6 Å². The van der Waals surface area contributed by atoms with E-state index in [1.54, 1.807) is 30.3 Å². The van der Waals surface area contributed by atoms with E-state index in [9.17, 15) is 14.7 Å². The molecule has 0 atom stereocenters. The van der Waals surface area contributed by atoms with Crippen LogP contribution in [0.1, 0.15) is 10.4 Å². The van der Waals surface area contributed by atoms with Crippen LogP contribution in [0.25, 0.3) is 0 Å². The lowest BCUT2D eigenvalue weighted by Gasteiger charge is -2.14. The molecule has 0 aliphatic rings. The van der Waals surface area contributed by atoms with Crippen LogP contribution < -0.4 is 15.4 Å². The van der Waals surface area contributed by atoms with E-state index in [0.717, 1.165) is 0 Å². The second-order valence-electron chi connectivity index (χ2n) is 4.84. The van der Waals surface area contributed by atoms with Crippen LogP contribution in [-0.4, -0.2) is 28.7 Å². The number of benzene rings is 2. The van der Waals surface area contributed by atoms with Gasteiger partial charge in [0, 0.05) is 8.95 Å². The van der Waals surface area contributed by atoms with Gasteiger partial charge in [0.05, 0.1) is 16.3 Å². The van der Waals surface area contributed by atoms with E-state index in [1.807, 2.05) is 0 Å². The van der Waals surface area contributed by atoms with Crippen LogP contribution >= 0.6 is 55.7 Å². The standard InChI is InChI=1S/C16H11Br2ClN2O4S/c17-8-5-9(15(23)24)14(10(18)6-8)21-16(26)20-13(22)7-25-12-4-2-1-3-11(12)19/h1-6H,7H2,(H,23,24)(H2,20,21,22,26). The minimum Gasteiger partial charge on any atom is -0.482 e. The Morgan fingerprint density at radius 3 is 2.58 bits per heavy atom. The average Bonchev–Trinajstić information content (AvgIpc) is 2.56. The lowest BCUT2D eigenvalue weighted by Crippen LogP contribution is -2.37. The monoisotopic (exact) mass is 520 g/mol. The van der Waals surface area contributed by atoms with E-state index < -0.39 is 11.9 Å². The second kappa shape index (κ2) is 9.31. The number of carbonyl (C=O) groups is 2. The first-order chi connectivity index (χ1) is 12.3. The van der Waals surface area contributed by atoms with Crippen LogP contribution in [0, 0.1) is 0 Å². The molecule has 2 aromatic carbocycles. The molecule has 0 bridgehead atoms. The Labute approximate surface area is 176 Å². The van der Waals surface area contributed by atoms with Gasteiger partial charge in [0.15, 0.2) is 11.7 Å². The molecule has 6 nitrogen and oxygen atoms in total. The van der Waals surface area contributed by atoms with Crippen molar-refractivity contribution in [2.45, 2.75) is 0 Å². The minimum atomic E-state index is -1.15. The highest BCUT2D eigenvalue weighted by atomic mass is 79.9. The molecule has 0 heterocycles. The number of nitrogens with one attached hydrogen (secondary N) is 2. The van der Waals surface area contributed by atoms with Gasteiger partial charge in [0.2, 0.25) is 0 Å². The van der Waals surface area contributed by atoms with Gasteiger partial charge in [-0.2, -0.15) is 0 Å². The second-order valence-corrected chi connectivity index (χ2v) is 7.42. The van der Waals surface area contributed by atoms with E-state index in [2.05, 4.69) is 42.5 Å². The molecule has 0 saturated carbocycles.